The molecule has 0 saturated heterocycles. The number of hydrogen-bond donors (Lipinski definition) is 1. The molecule has 0 atom stereocenters. The molecule has 0 spiro atoms. The topological polar surface area (TPSA) is 43.0 Å². The molecular formula is C19H21ClN2O3S. The highest BCUT2D eigenvalue weighted by atomic mass is 35.5. The third-order valence-corrected chi connectivity index (χ3v) is 5.06. The summed E-state index contributed by atoms with van der Waals surface area (Å²) in [5.74, 6) is 2.10. The van der Waals surface area contributed by atoms with E-state index < -0.39 is 0 Å². The predicted octanol–water partition coefficient (Wildman–Crippen LogP) is 3.72. The van der Waals surface area contributed by atoms with Crippen molar-refractivity contribution in [3.05, 3.63) is 40.9 Å². The van der Waals surface area contributed by atoms with Gasteiger partial charge in [0.05, 0.1) is 25.8 Å². The van der Waals surface area contributed by atoms with Gasteiger partial charge in [-0.15, -0.1) is 0 Å². The first kappa shape index (κ1) is 18.6. The average Bonchev–Trinajstić information content (AvgIpc) is 2.88. The summed E-state index contributed by atoms with van der Waals surface area (Å²) in [5, 5.41) is 4.28. The summed E-state index contributed by atoms with van der Waals surface area (Å²) in [6, 6.07) is 9.76. The van der Waals surface area contributed by atoms with Crippen molar-refractivity contribution < 1.29 is 14.2 Å². The van der Waals surface area contributed by atoms with Gasteiger partial charge in [0.15, 0.2) is 16.6 Å². The van der Waals surface area contributed by atoms with Crippen molar-refractivity contribution in [3.8, 4) is 28.4 Å². The molecular weight excluding hydrogens is 372 g/mol. The lowest BCUT2D eigenvalue weighted by atomic mass is 10.0. The van der Waals surface area contributed by atoms with Crippen LogP contribution < -0.4 is 19.5 Å². The highest BCUT2D eigenvalue weighted by Crippen LogP contribution is 2.39. The maximum Gasteiger partial charge on any atom is 0.169 e. The zero-order valence-corrected chi connectivity index (χ0v) is 16.5. The quantitative estimate of drug-likeness (QED) is 0.803. The van der Waals surface area contributed by atoms with Crippen molar-refractivity contribution in [3.63, 3.8) is 0 Å². The molecule has 0 aromatic heterocycles. The van der Waals surface area contributed by atoms with Gasteiger partial charge in [-0.1, -0.05) is 17.7 Å². The van der Waals surface area contributed by atoms with E-state index in [4.69, 9.17) is 38.0 Å². The molecule has 0 fully saturated rings. The van der Waals surface area contributed by atoms with E-state index in [0.717, 1.165) is 22.4 Å². The molecule has 5 nitrogen and oxygen atoms in total. The summed E-state index contributed by atoms with van der Waals surface area (Å²) in [7, 11) is 5.07. The lowest BCUT2D eigenvalue weighted by Gasteiger charge is -2.22. The van der Waals surface area contributed by atoms with Gasteiger partial charge in [0.2, 0.25) is 0 Å². The predicted molar refractivity (Wildman–Crippen MR) is 108 cm³/mol. The summed E-state index contributed by atoms with van der Waals surface area (Å²) in [4.78, 5) is 2.07. The van der Waals surface area contributed by atoms with Crippen LogP contribution in [0.2, 0.25) is 5.02 Å². The monoisotopic (exact) mass is 392 g/mol. The van der Waals surface area contributed by atoms with E-state index in [2.05, 4.69) is 16.3 Å². The van der Waals surface area contributed by atoms with Crippen LogP contribution in [0.3, 0.4) is 0 Å². The summed E-state index contributed by atoms with van der Waals surface area (Å²) < 4.78 is 16.8. The molecule has 2 aromatic carbocycles. The SMILES string of the molecule is CNC(=S)N1CCOc2c(cc(-c3ccc(OC)c(Cl)c3)cc2OC)C1. The summed E-state index contributed by atoms with van der Waals surface area (Å²) in [6.07, 6.45) is 0. The maximum atomic E-state index is 6.29. The lowest BCUT2D eigenvalue weighted by Crippen LogP contribution is -2.38. The third kappa shape index (κ3) is 3.66. The molecule has 26 heavy (non-hydrogen) atoms. The second-order valence-electron chi connectivity index (χ2n) is 5.84. The fourth-order valence-corrected chi connectivity index (χ4v) is 3.39. The zero-order chi connectivity index (χ0) is 18.7. The molecule has 0 unspecified atom stereocenters. The minimum Gasteiger partial charge on any atom is -0.495 e. The zero-order valence-electron chi connectivity index (χ0n) is 15.0. The van der Waals surface area contributed by atoms with Gasteiger partial charge in [0, 0.05) is 19.2 Å². The van der Waals surface area contributed by atoms with Crippen LogP contribution in [0.25, 0.3) is 11.1 Å². The van der Waals surface area contributed by atoms with E-state index in [1.54, 1.807) is 14.2 Å². The normalized spacial score (nSPS) is 13.3. The minimum atomic E-state index is 0.541. The Kier molecular flexibility index (Phi) is 5.74. The van der Waals surface area contributed by atoms with Gasteiger partial charge in [-0.3, -0.25) is 0 Å². The Morgan fingerprint density at radius 2 is 1.92 bits per heavy atom. The molecule has 0 amide bonds. The smallest absolute Gasteiger partial charge is 0.169 e. The molecule has 1 heterocycles. The number of halogens is 1. The number of methoxy groups -OCH3 is 2. The van der Waals surface area contributed by atoms with Gasteiger partial charge in [-0.2, -0.15) is 0 Å². The number of rotatable bonds is 3. The fraction of sp³-hybridized carbons (Fsp3) is 0.316. The highest BCUT2D eigenvalue weighted by molar-refractivity contribution is 7.80. The van der Waals surface area contributed by atoms with E-state index in [-0.39, 0.29) is 0 Å². The Morgan fingerprint density at radius 3 is 2.58 bits per heavy atom. The van der Waals surface area contributed by atoms with Crippen molar-refractivity contribution in [1.82, 2.24) is 10.2 Å². The first-order valence-electron chi connectivity index (χ1n) is 8.21. The van der Waals surface area contributed by atoms with Crippen LogP contribution in [0.1, 0.15) is 5.56 Å². The van der Waals surface area contributed by atoms with Crippen LogP contribution in [-0.4, -0.2) is 44.4 Å². The van der Waals surface area contributed by atoms with Gasteiger partial charge in [0.1, 0.15) is 12.4 Å². The third-order valence-electron chi connectivity index (χ3n) is 4.31. The van der Waals surface area contributed by atoms with E-state index in [9.17, 15) is 0 Å². The first-order valence-corrected chi connectivity index (χ1v) is 9.00. The Balaban J connectivity index is 2.05. The number of fused-ring (bicyclic) bond motifs is 1. The van der Waals surface area contributed by atoms with Gasteiger partial charge in [0.25, 0.3) is 0 Å². The average molecular weight is 393 g/mol. The van der Waals surface area contributed by atoms with Gasteiger partial charge < -0.3 is 24.4 Å². The highest BCUT2D eigenvalue weighted by Gasteiger charge is 2.21. The Hall–Kier alpha value is -2.18. The lowest BCUT2D eigenvalue weighted by molar-refractivity contribution is 0.276. The second-order valence-corrected chi connectivity index (χ2v) is 6.64. The van der Waals surface area contributed by atoms with Crippen LogP contribution in [0.5, 0.6) is 17.2 Å². The molecule has 1 aliphatic heterocycles. The van der Waals surface area contributed by atoms with Gasteiger partial charge in [-0.05, 0) is 47.6 Å². The molecule has 2 aromatic rings. The van der Waals surface area contributed by atoms with Gasteiger partial charge in [-0.25, -0.2) is 0 Å². The molecule has 0 saturated carbocycles. The number of ether oxygens (including phenoxy) is 3. The number of benzene rings is 2. The number of nitrogens with one attached hydrogen (secondary N) is 1. The molecule has 1 N–H and O–H groups in total. The van der Waals surface area contributed by atoms with E-state index in [0.29, 0.717) is 41.3 Å². The van der Waals surface area contributed by atoms with Crippen molar-refractivity contribution in [2.75, 3.05) is 34.4 Å². The number of nitrogens with zero attached hydrogens (tertiary/aromatic N) is 1. The van der Waals surface area contributed by atoms with Crippen LogP contribution >= 0.6 is 23.8 Å². The van der Waals surface area contributed by atoms with Crippen LogP contribution in [-0.2, 0) is 6.54 Å². The molecule has 0 aliphatic carbocycles. The summed E-state index contributed by atoms with van der Waals surface area (Å²) in [5.41, 5.74) is 2.98. The first-order chi connectivity index (χ1) is 12.6. The second kappa shape index (κ2) is 8.01. The Labute approximate surface area is 163 Å². The van der Waals surface area contributed by atoms with Crippen molar-refractivity contribution in [1.29, 1.82) is 0 Å². The van der Waals surface area contributed by atoms with Gasteiger partial charge >= 0.3 is 0 Å². The fourth-order valence-electron chi connectivity index (χ4n) is 2.98. The van der Waals surface area contributed by atoms with E-state index >= 15 is 0 Å². The largest absolute Gasteiger partial charge is 0.495 e. The summed E-state index contributed by atoms with van der Waals surface area (Å²) in [6.45, 7) is 1.89. The minimum absolute atomic E-state index is 0.541. The number of hydrogen-bond acceptors (Lipinski definition) is 4. The van der Waals surface area contributed by atoms with E-state index in [1.807, 2.05) is 31.3 Å². The maximum absolute atomic E-state index is 6.29. The molecule has 138 valence electrons. The summed E-state index contributed by atoms with van der Waals surface area (Å²) >= 11 is 11.7. The van der Waals surface area contributed by atoms with Crippen LogP contribution in [0, 0.1) is 0 Å². The Bertz CT molecular complexity index is 829. The number of thiocarbonyl (C=S) groups is 1. The molecule has 7 heteroatoms. The molecule has 3 rings (SSSR count). The van der Waals surface area contributed by atoms with Crippen molar-refractivity contribution >= 4 is 28.9 Å². The molecule has 1 aliphatic rings. The molecule has 0 radical (unpaired) electrons. The van der Waals surface area contributed by atoms with Crippen molar-refractivity contribution in [2.24, 2.45) is 0 Å². The van der Waals surface area contributed by atoms with Crippen LogP contribution in [0.4, 0.5) is 0 Å². The standard InChI is InChI=1S/C19H21ClN2O3S/c1-21-19(26)22-6-7-25-18-14(11-22)8-13(10-17(18)24-3)12-4-5-16(23-2)15(20)9-12/h4-5,8-10H,6-7,11H2,1-3H3,(H,21,26). The molecule has 0 bridgehead atoms. The van der Waals surface area contributed by atoms with E-state index in [1.165, 1.54) is 0 Å². The van der Waals surface area contributed by atoms with Crippen molar-refractivity contribution in [2.45, 2.75) is 6.54 Å². The Morgan fingerprint density at radius 1 is 1.15 bits per heavy atom. The van der Waals surface area contributed by atoms with Crippen LogP contribution in [0.15, 0.2) is 30.3 Å².